The number of anilines is 1. The van der Waals surface area contributed by atoms with E-state index < -0.39 is 41.9 Å². The molecule has 0 bridgehead atoms. The zero-order chi connectivity index (χ0) is 25.9. The third-order valence-electron chi connectivity index (χ3n) is 5.92. The van der Waals surface area contributed by atoms with Gasteiger partial charge in [0, 0.05) is 28.8 Å². The number of hydrogen-bond donors (Lipinski definition) is 3. The van der Waals surface area contributed by atoms with Gasteiger partial charge in [0.15, 0.2) is 5.82 Å². The Hall–Kier alpha value is -3.74. The molecule has 3 aromatic heterocycles. The number of nitrogens with zero attached hydrogens (tertiary/aromatic N) is 3. The Bertz CT molecular complexity index is 1530. The van der Waals surface area contributed by atoms with Gasteiger partial charge in [0.2, 0.25) is 5.91 Å². The standard InChI is InChI=1S/C22H16ClF5N6O2/c1-8(30-21(36)22(26,27)28)15-18(25)17(23)16(12-7-29-32-19(12)15)9-2-3-34-10(4-9)5-14(33-34)31-20(35)11-6-13(11)24/h2-5,7-8,11,13H,6H2,1H3,(H,29,32)(H,30,36)(H,31,33,35)/t8?,11-,13+/m1/s1. The molecule has 1 aliphatic rings. The van der Waals surface area contributed by atoms with Crippen molar-refractivity contribution >= 4 is 45.7 Å². The molecule has 36 heavy (non-hydrogen) atoms. The number of aromatic nitrogens is 4. The molecule has 1 aliphatic carbocycles. The van der Waals surface area contributed by atoms with E-state index in [4.69, 9.17) is 11.6 Å². The number of rotatable bonds is 5. The van der Waals surface area contributed by atoms with Gasteiger partial charge in [-0.25, -0.2) is 13.3 Å². The monoisotopic (exact) mass is 526 g/mol. The summed E-state index contributed by atoms with van der Waals surface area (Å²) in [6.45, 7) is 1.19. The number of amides is 2. The smallest absolute Gasteiger partial charge is 0.342 e. The van der Waals surface area contributed by atoms with Crippen LogP contribution in [-0.4, -0.2) is 44.0 Å². The summed E-state index contributed by atoms with van der Waals surface area (Å²) in [7, 11) is 0. The number of alkyl halides is 4. The zero-order valence-corrected chi connectivity index (χ0v) is 19.0. The minimum absolute atomic E-state index is 0.0634. The van der Waals surface area contributed by atoms with Crippen LogP contribution in [0, 0.1) is 11.7 Å². The van der Waals surface area contributed by atoms with Crippen LogP contribution in [0.2, 0.25) is 5.02 Å². The third-order valence-corrected chi connectivity index (χ3v) is 6.27. The van der Waals surface area contributed by atoms with Gasteiger partial charge in [-0.05, 0) is 31.0 Å². The lowest BCUT2D eigenvalue weighted by Crippen LogP contribution is -2.38. The van der Waals surface area contributed by atoms with Crippen molar-refractivity contribution in [3.8, 4) is 11.1 Å². The lowest BCUT2D eigenvalue weighted by molar-refractivity contribution is -0.174. The Kier molecular flexibility index (Phi) is 5.62. The van der Waals surface area contributed by atoms with E-state index in [1.165, 1.54) is 29.9 Å². The Morgan fingerprint density at radius 2 is 2.03 bits per heavy atom. The third kappa shape index (κ3) is 4.12. The van der Waals surface area contributed by atoms with Crippen LogP contribution >= 0.6 is 11.6 Å². The Labute approximate surface area is 203 Å². The molecule has 2 amide bonds. The minimum Gasteiger partial charge on any atom is -0.342 e. The van der Waals surface area contributed by atoms with Gasteiger partial charge < -0.3 is 10.6 Å². The van der Waals surface area contributed by atoms with E-state index in [1.54, 1.807) is 17.4 Å². The first kappa shape index (κ1) is 24.0. The van der Waals surface area contributed by atoms with Crippen molar-refractivity contribution < 1.29 is 31.5 Å². The molecule has 14 heteroatoms. The highest BCUT2D eigenvalue weighted by Crippen LogP contribution is 2.41. The van der Waals surface area contributed by atoms with E-state index in [1.807, 2.05) is 0 Å². The van der Waals surface area contributed by atoms with Gasteiger partial charge in [-0.1, -0.05) is 11.6 Å². The van der Waals surface area contributed by atoms with Crippen molar-refractivity contribution in [1.82, 2.24) is 25.1 Å². The molecule has 5 rings (SSSR count). The average molecular weight is 527 g/mol. The largest absolute Gasteiger partial charge is 0.471 e. The molecule has 1 unspecified atom stereocenters. The molecule has 0 aliphatic heterocycles. The van der Waals surface area contributed by atoms with E-state index >= 15 is 4.39 Å². The number of halogens is 6. The Balaban J connectivity index is 1.53. The summed E-state index contributed by atoms with van der Waals surface area (Å²) >= 11 is 6.35. The predicted molar refractivity (Wildman–Crippen MR) is 119 cm³/mol. The molecule has 1 aromatic carbocycles. The van der Waals surface area contributed by atoms with Crippen LogP contribution in [0.15, 0.2) is 30.6 Å². The maximum Gasteiger partial charge on any atom is 0.471 e. The molecule has 188 valence electrons. The summed E-state index contributed by atoms with van der Waals surface area (Å²) in [5.41, 5.74) is 0.922. The fourth-order valence-electron chi connectivity index (χ4n) is 4.04. The summed E-state index contributed by atoms with van der Waals surface area (Å²) in [4.78, 5) is 23.4. The van der Waals surface area contributed by atoms with Crippen LogP contribution in [0.1, 0.15) is 24.9 Å². The highest BCUT2D eigenvalue weighted by atomic mass is 35.5. The first-order chi connectivity index (χ1) is 17.0. The molecule has 8 nitrogen and oxygen atoms in total. The molecule has 4 aromatic rings. The lowest BCUT2D eigenvalue weighted by Gasteiger charge is -2.19. The number of fused-ring (bicyclic) bond motifs is 2. The molecular weight excluding hydrogens is 511 g/mol. The molecule has 3 atom stereocenters. The number of carbonyl (C=O) groups excluding carboxylic acids is 2. The molecule has 3 heterocycles. The van der Waals surface area contributed by atoms with E-state index in [9.17, 15) is 27.2 Å². The van der Waals surface area contributed by atoms with Crippen LogP contribution in [0.5, 0.6) is 0 Å². The number of H-pyrrole nitrogens is 1. The normalized spacial score (nSPS) is 18.4. The van der Waals surface area contributed by atoms with E-state index in [2.05, 4.69) is 20.6 Å². The van der Waals surface area contributed by atoms with Gasteiger partial charge in [-0.3, -0.25) is 14.7 Å². The number of pyridine rings is 1. The number of carbonyl (C=O) groups is 2. The molecule has 3 N–H and O–H groups in total. The second kappa shape index (κ2) is 8.43. The first-order valence-corrected chi connectivity index (χ1v) is 11.0. The van der Waals surface area contributed by atoms with E-state index in [0.29, 0.717) is 16.5 Å². The van der Waals surface area contributed by atoms with Crippen LogP contribution in [-0.2, 0) is 9.59 Å². The lowest BCUT2D eigenvalue weighted by atomic mass is 9.96. The summed E-state index contributed by atoms with van der Waals surface area (Å²) < 4.78 is 68.1. The van der Waals surface area contributed by atoms with Crippen molar-refractivity contribution in [2.24, 2.45) is 5.92 Å². The van der Waals surface area contributed by atoms with Gasteiger partial charge in [0.05, 0.1) is 34.2 Å². The van der Waals surface area contributed by atoms with Crippen LogP contribution < -0.4 is 10.6 Å². The molecule has 1 saturated carbocycles. The molecule has 0 saturated heterocycles. The summed E-state index contributed by atoms with van der Waals surface area (Å²) in [5.74, 6) is -4.21. The quantitative estimate of drug-likeness (QED) is 0.328. The summed E-state index contributed by atoms with van der Waals surface area (Å²) in [6.07, 6.45) is -3.26. The van der Waals surface area contributed by atoms with Gasteiger partial charge in [0.25, 0.3) is 0 Å². The molecular formula is C22H16ClF5N6O2. The topological polar surface area (TPSA) is 104 Å². The second-order valence-corrected chi connectivity index (χ2v) is 8.81. The fourth-order valence-corrected chi connectivity index (χ4v) is 4.35. The van der Waals surface area contributed by atoms with Crippen molar-refractivity contribution in [3.63, 3.8) is 0 Å². The summed E-state index contributed by atoms with van der Waals surface area (Å²) in [5, 5.41) is 14.9. The molecule has 1 fully saturated rings. The highest BCUT2D eigenvalue weighted by Gasteiger charge is 2.44. The van der Waals surface area contributed by atoms with Gasteiger partial charge in [-0.15, -0.1) is 0 Å². The maximum atomic E-state index is 15.4. The van der Waals surface area contributed by atoms with Gasteiger partial charge >= 0.3 is 12.1 Å². The zero-order valence-electron chi connectivity index (χ0n) is 18.3. The Morgan fingerprint density at radius 1 is 1.31 bits per heavy atom. The van der Waals surface area contributed by atoms with Gasteiger partial charge in [0.1, 0.15) is 12.0 Å². The Morgan fingerprint density at radius 3 is 2.69 bits per heavy atom. The first-order valence-electron chi connectivity index (χ1n) is 10.6. The highest BCUT2D eigenvalue weighted by molar-refractivity contribution is 6.35. The van der Waals surface area contributed by atoms with Crippen LogP contribution in [0.4, 0.5) is 27.8 Å². The molecule has 0 spiro atoms. The second-order valence-electron chi connectivity index (χ2n) is 8.43. The number of benzene rings is 1. The number of hydrogen-bond acceptors (Lipinski definition) is 4. The van der Waals surface area contributed by atoms with Crippen LogP contribution in [0.3, 0.4) is 0 Å². The number of nitrogens with one attached hydrogen (secondary N) is 3. The van der Waals surface area contributed by atoms with Crippen molar-refractivity contribution in [1.29, 1.82) is 0 Å². The minimum atomic E-state index is -5.15. The van der Waals surface area contributed by atoms with Crippen molar-refractivity contribution in [3.05, 3.63) is 47.0 Å². The van der Waals surface area contributed by atoms with Crippen molar-refractivity contribution in [2.75, 3.05) is 5.32 Å². The fraction of sp³-hybridized carbons (Fsp3) is 0.273. The predicted octanol–water partition coefficient (Wildman–Crippen LogP) is 4.71. The summed E-state index contributed by atoms with van der Waals surface area (Å²) in [6, 6.07) is 3.34. The average Bonchev–Trinajstić information content (AvgIpc) is 3.16. The van der Waals surface area contributed by atoms with Crippen LogP contribution in [0.25, 0.3) is 27.5 Å². The maximum absolute atomic E-state index is 15.4. The van der Waals surface area contributed by atoms with Crippen molar-refractivity contribution in [2.45, 2.75) is 31.7 Å². The number of aromatic amines is 1. The SMILES string of the molecule is CC(NC(=O)C(F)(F)F)c1c(F)c(Cl)c(-c2ccn3nc(NC(=O)[C@@H]4C[C@@H]4F)cc3c2)c2cn[nH]c12. The van der Waals surface area contributed by atoms with E-state index in [0.717, 1.165) is 0 Å². The van der Waals surface area contributed by atoms with E-state index in [-0.39, 0.29) is 33.9 Å². The molecule has 0 radical (unpaired) electrons. The van der Waals surface area contributed by atoms with Gasteiger partial charge in [-0.2, -0.15) is 23.4 Å².